The minimum absolute atomic E-state index is 0.0774. The third kappa shape index (κ3) is 1.93. The number of hydrogen-bond acceptors (Lipinski definition) is 6. The molecule has 6 heteroatoms. The first-order valence-corrected chi connectivity index (χ1v) is 6.00. The lowest BCUT2D eigenvalue weighted by Crippen LogP contribution is -2.44. The van der Waals surface area contributed by atoms with Crippen LogP contribution in [-0.2, 0) is 19.0 Å². The highest BCUT2D eigenvalue weighted by Gasteiger charge is 2.64. The zero-order chi connectivity index (χ0) is 13.7. The first-order chi connectivity index (χ1) is 8.21. The Labute approximate surface area is 106 Å². The van der Waals surface area contributed by atoms with Crippen LogP contribution in [0.1, 0.15) is 27.2 Å². The molecule has 2 rings (SSSR count). The molecule has 1 unspecified atom stereocenters. The van der Waals surface area contributed by atoms with Crippen LogP contribution >= 0.6 is 0 Å². The predicted molar refractivity (Wildman–Crippen MR) is 60.6 cm³/mol. The van der Waals surface area contributed by atoms with Crippen LogP contribution in [0.4, 0.5) is 0 Å². The van der Waals surface area contributed by atoms with Gasteiger partial charge in [-0.1, -0.05) is 6.92 Å². The standard InChI is InChI=1S/C12H20O6/c1-11(2)17-7-8(18-11)10(15)12(3,9(7)14)5-6(13)16-4/h7-10,14-15H,5H2,1-4H3/t7-,8-,9-,10+,12?/m0/s1. The summed E-state index contributed by atoms with van der Waals surface area (Å²) in [4.78, 5) is 11.4. The summed E-state index contributed by atoms with van der Waals surface area (Å²) in [6, 6.07) is 0. The summed E-state index contributed by atoms with van der Waals surface area (Å²) in [6.45, 7) is 5.09. The lowest BCUT2D eigenvalue weighted by molar-refractivity contribution is -0.196. The average molecular weight is 260 g/mol. The second-order valence-electron chi connectivity index (χ2n) is 5.71. The number of esters is 1. The second-order valence-corrected chi connectivity index (χ2v) is 5.71. The van der Waals surface area contributed by atoms with E-state index in [1.807, 2.05) is 0 Å². The molecule has 5 atom stereocenters. The first-order valence-electron chi connectivity index (χ1n) is 6.00. The normalized spacial score (nSPS) is 45.9. The molecule has 18 heavy (non-hydrogen) atoms. The van der Waals surface area contributed by atoms with Crippen LogP contribution in [0, 0.1) is 5.41 Å². The van der Waals surface area contributed by atoms with Crippen molar-refractivity contribution in [2.24, 2.45) is 5.41 Å². The summed E-state index contributed by atoms with van der Waals surface area (Å²) in [5.74, 6) is -1.31. The molecule has 0 radical (unpaired) electrons. The highest BCUT2D eigenvalue weighted by Crippen LogP contribution is 2.49. The molecule has 1 aliphatic carbocycles. The van der Waals surface area contributed by atoms with E-state index in [0.29, 0.717) is 0 Å². The molecule has 1 aliphatic heterocycles. The van der Waals surface area contributed by atoms with E-state index in [-0.39, 0.29) is 6.42 Å². The maximum atomic E-state index is 11.4. The lowest BCUT2D eigenvalue weighted by atomic mass is 9.80. The molecule has 1 heterocycles. The van der Waals surface area contributed by atoms with Crippen LogP contribution in [-0.4, -0.2) is 53.5 Å². The van der Waals surface area contributed by atoms with Crippen LogP contribution in [0.3, 0.4) is 0 Å². The molecule has 0 bridgehead atoms. The van der Waals surface area contributed by atoms with Crippen LogP contribution in [0.5, 0.6) is 0 Å². The summed E-state index contributed by atoms with van der Waals surface area (Å²) in [6.07, 6.45) is -3.27. The Hall–Kier alpha value is -0.690. The third-order valence-electron chi connectivity index (χ3n) is 3.89. The van der Waals surface area contributed by atoms with Crippen molar-refractivity contribution in [2.45, 2.75) is 57.4 Å². The Kier molecular flexibility index (Phi) is 3.18. The topological polar surface area (TPSA) is 85.2 Å². The average Bonchev–Trinajstić information content (AvgIpc) is 2.68. The molecule has 0 aromatic carbocycles. The van der Waals surface area contributed by atoms with Crippen LogP contribution < -0.4 is 0 Å². The largest absolute Gasteiger partial charge is 0.469 e. The Morgan fingerprint density at radius 1 is 1.17 bits per heavy atom. The van der Waals surface area contributed by atoms with Gasteiger partial charge in [0.25, 0.3) is 0 Å². The van der Waals surface area contributed by atoms with E-state index in [0.717, 1.165) is 0 Å². The van der Waals surface area contributed by atoms with E-state index in [2.05, 4.69) is 4.74 Å². The van der Waals surface area contributed by atoms with E-state index in [1.165, 1.54) is 7.11 Å². The van der Waals surface area contributed by atoms with Gasteiger partial charge in [0, 0.05) is 5.41 Å². The Bertz CT molecular complexity index is 332. The Balaban J connectivity index is 2.20. The fraction of sp³-hybridized carbons (Fsp3) is 0.917. The molecule has 104 valence electrons. The molecule has 0 aromatic heterocycles. The van der Waals surface area contributed by atoms with E-state index in [9.17, 15) is 15.0 Å². The van der Waals surface area contributed by atoms with Crippen molar-refractivity contribution in [1.29, 1.82) is 0 Å². The van der Waals surface area contributed by atoms with Crippen LogP contribution in [0.15, 0.2) is 0 Å². The van der Waals surface area contributed by atoms with Gasteiger partial charge in [0.15, 0.2) is 5.79 Å². The quantitative estimate of drug-likeness (QED) is 0.669. The van der Waals surface area contributed by atoms with Gasteiger partial charge in [-0.05, 0) is 13.8 Å². The van der Waals surface area contributed by atoms with Crippen molar-refractivity contribution in [3.63, 3.8) is 0 Å². The molecule has 6 nitrogen and oxygen atoms in total. The molecule has 1 saturated heterocycles. The van der Waals surface area contributed by atoms with Crippen LogP contribution in [0.2, 0.25) is 0 Å². The minimum atomic E-state index is -1.01. The van der Waals surface area contributed by atoms with Crippen molar-refractivity contribution < 1.29 is 29.2 Å². The fourth-order valence-electron chi connectivity index (χ4n) is 2.82. The Morgan fingerprint density at radius 2 is 1.61 bits per heavy atom. The number of fused-ring (bicyclic) bond motifs is 1. The van der Waals surface area contributed by atoms with Gasteiger partial charge in [-0.3, -0.25) is 4.79 Å². The molecule has 1 saturated carbocycles. The molecule has 2 aliphatic rings. The zero-order valence-corrected chi connectivity index (χ0v) is 11.0. The molecule has 0 amide bonds. The summed E-state index contributed by atoms with van der Waals surface area (Å²) in [5, 5.41) is 20.6. The number of methoxy groups -OCH3 is 1. The molecule has 0 aromatic rings. The summed E-state index contributed by atoms with van der Waals surface area (Å²) < 4.78 is 15.8. The number of aliphatic hydroxyl groups excluding tert-OH is 2. The molecular formula is C12H20O6. The fourth-order valence-corrected chi connectivity index (χ4v) is 2.82. The smallest absolute Gasteiger partial charge is 0.306 e. The second kappa shape index (κ2) is 4.16. The molecule has 2 fully saturated rings. The summed E-state index contributed by atoms with van der Waals surface area (Å²) >= 11 is 0. The lowest BCUT2D eigenvalue weighted by Gasteiger charge is -2.33. The molecular weight excluding hydrogens is 240 g/mol. The van der Waals surface area contributed by atoms with Gasteiger partial charge in [-0.25, -0.2) is 0 Å². The first kappa shape index (κ1) is 13.7. The van der Waals surface area contributed by atoms with Gasteiger partial charge in [-0.15, -0.1) is 0 Å². The maximum Gasteiger partial charge on any atom is 0.306 e. The van der Waals surface area contributed by atoms with Gasteiger partial charge in [0.05, 0.1) is 25.7 Å². The monoisotopic (exact) mass is 260 g/mol. The number of carbonyl (C=O) groups excluding carboxylic acids is 1. The Morgan fingerprint density at radius 3 is 2.00 bits per heavy atom. The predicted octanol–water partition coefficient (Wildman–Crippen LogP) is -0.189. The molecule has 2 N–H and O–H groups in total. The van der Waals surface area contributed by atoms with Gasteiger partial charge in [0.1, 0.15) is 12.2 Å². The van der Waals surface area contributed by atoms with Crippen molar-refractivity contribution in [1.82, 2.24) is 0 Å². The number of carbonyl (C=O) groups is 1. The number of aliphatic hydroxyl groups is 2. The number of rotatable bonds is 2. The highest BCUT2D eigenvalue weighted by atomic mass is 16.8. The number of ether oxygens (including phenoxy) is 3. The summed E-state index contributed by atoms with van der Waals surface area (Å²) in [5.41, 5.74) is -1.01. The highest BCUT2D eigenvalue weighted by molar-refractivity contribution is 5.70. The van der Waals surface area contributed by atoms with Gasteiger partial charge < -0.3 is 24.4 Å². The van der Waals surface area contributed by atoms with E-state index in [1.54, 1.807) is 20.8 Å². The van der Waals surface area contributed by atoms with E-state index in [4.69, 9.17) is 9.47 Å². The number of hydrogen-bond donors (Lipinski definition) is 2. The van der Waals surface area contributed by atoms with Crippen LogP contribution in [0.25, 0.3) is 0 Å². The van der Waals surface area contributed by atoms with Gasteiger partial charge >= 0.3 is 5.97 Å². The van der Waals surface area contributed by atoms with Crippen molar-refractivity contribution in [2.75, 3.05) is 7.11 Å². The maximum absolute atomic E-state index is 11.4. The van der Waals surface area contributed by atoms with Gasteiger partial charge in [-0.2, -0.15) is 0 Å². The van der Waals surface area contributed by atoms with E-state index < -0.39 is 41.6 Å². The SMILES string of the molecule is COC(=O)CC1(C)[C@H](O)[C@H]2OC(C)(C)O[C@@H]2[C@@H]1O. The van der Waals surface area contributed by atoms with E-state index >= 15 is 0 Å². The van der Waals surface area contributed by atoms with Crippen molar-refractivity contribution in [3.8, 4) is 0 Å². The minimum Gasteiger partial charge on any atom is -0.469 e. The zero-order valence-electron chi connectivity index (χ0n) is 11.0. The molecule has 0 spiro atoms. The van der Waals surface area contributed by atoms with Gasteiger partial charge in [0.2, 0.25) is 0 Å². The van der Waals surface area contributed by atoms with Crippen molar-refractivity contribution >= 4 is 5.97 Å². The summed E-state index contributed by atoms with van der Waals surface area (Å²) in [7, 11) is 1.27. The van der Waals surface area contributed by atoms with Crippen molar-refractivity contribution in [3.05, 3.63) is 0 Å². The third-order valence-corrected chi connectivity index (χ3v) is 3.89.